The molecule has 18 heavy (non-hydrogen) atoms. The highest BCUT2D eigenvalue weighted by Crippen LogP contribution is 2.36. The average molecular weight is 250 g/mol. The Hall–Kier alpha value is -2.21. The van der Waals surface area contributed by atoms with E-state index in [1.54, 1.807) is 13.0 Å². The topological polar surface area (TPSA) is 98.8 Å². The molecule has 6 heteroatoms. The first-order chi connectivity index (χ1) is 8.58. The summed E-state index contributed by atoms with van der Waals surface area (Å²) >= 11 is 0. The quantitative estimate of drug-likeness (QED) is 0.612. The number of phenolic OH excluding ortho intramolecular Hbond substituents is 3. The summed E-state index contributed by atoms with van der Waals surface area (Å²) in [5, 5.41) is 35.0. The Morgan fingerprint density at radius 3 is 2.61 bits per heavy atom. The van der Waals surface area contributed by atoms with Gasteiger partial charge in [-0.15, -0.1) is 0 Å². The van der Waals surface area contributed by atoms with Crippen LogP contribution in [0.1, 0.15) is 17.0 Å². The van der Waals surface area contributed by atoms with Crippen molar-refractivity contribution in [2.24, 2.45) is 0 Å². The third kappa shape index (κ3) is 2.54. The summed E-state index contributed by atoms with van der Waals surface area (Å²) in [5.41, 5.74) is 1.25. The second-order valence-corrected chi connectivity index (χ2v) is 3.97. The second-order valence-electron chi connectivity index (χ2n) is 3.97. The van der Waals surface area contributed by atoms with Crippen LogP contribution in [-0.2, 0) is 13.1 Å². The van der Waals surface area contributed by atoms with Crippen LogP contribution in [0.15, 0.2) is 22.7 Å². The van der Waals surface area contributed by atoms with Crippen LogP contribution in [0.4, 0.5) is 0 Å². The fourth-order valence-electron chi connectivity index (χ4n) is 1.58. The van der Waals surface area contributed by atoms with Gasteiger partial charge in [0.1, 0.15) is 5.76 Å². The zero-order chi connectivity index (χ0) is 13.1. The van der Waals surface area contributed by atoms with Gasteiger partial charge in [0.05, 0.1) is 5.69 Å². The Kier molecular flexibility index (Phi) is 3.38. The minimum atomic E-state index is -0.508. The second kappa shape index (κ2) is 4.97. The number of aryl methyl sites for hydroxylation is 1. The number of aromatic nitrogens is 1. The van der Waals surface area contributed by atoms with E-state index in [1.165, 1.54) is 12.1 Å². The lowest BCUT2D eigenvalue weighted by Crippen LogP contribution is -2.12. The molecule has 0 saturated carbocycles. The summed E-state index contributed by atoms with van der Waals surface area (Å²) in [5.74, 6) is -0.439. The molecule has 0 radical (unpaired) electrons. The molecule has 1 aromatic heterocycles. The van der Waals surface area contributed by atoms with E-state index in [1.807, 2.05) is 0 Å². The molecule has 0 atom stereocenters. The number of nitrogens with one attached hydrogen (secondary N) is 1. The van der Waals surface area contributed by atoms with Gasteiger partial charge in [0.2, 0.25) is 5.75 Å². The molecule has 96 valence electrons. The van der Waals surface area contributed by atoms with E-state index in [0.29, 0.717) is 18.7 Å². The van der Waals surface area contributed by atoms with Crippen LogP contribution < -0.4 is 5.32 Å². The van der Waals surface area contributed by atoms with Gasteiger partial charge in [-0.3, -0.25) is 0 Å². The van der Waals surface area contributed by atoms with E-state index in [0.717, 1.165) is 11.5 Å². The molecule has 0 amide bonds. The number of benzene rings is 1. The van der Waals surface area contributed by atoms with Crippen LogP contribution in [0.2, 0.25) is 0 Å². The Morgan fingerprint density at radius 1 is 1.17 bits per heavy atom. The van der Waals surface area contributed by atoms with Crippen LogP contribution in [0.3, 0.4) is 0 Å². The zero-order valence-electron chi connectivity index (χ0n) is 9.84. The maximum absolute atomic E-state index is 9.60. The van der Waals surface area contributed by atoms with Gasteiger partial charge < -0.3 is 25.2 Å². The number of hydrogen-bond donors (Lipinski definition) is 4. The highest BCUT2D eigenvalue weighted by atomic mass is 16.5. The third-order valence-corrected chi connectivity index (χ3v) is 2.51. The third-order valence-electron chi connectivity index (χ3n) is 2.51. The predicted octanol–water partition coefficient (Wildman–Crippen LogP) is 1.39. The largest absolute Gasteiger partial charge is 0.504 e. The number of phenols is 3. The van der Waals surface area contributed by atoms with Gasteiger partial charge in [-0.05, 0) is 13.0 Å². The fraction of sp³-hybridized carbons (Fsp3) is 0.250. The van der Waals surface area contributed by atoms with Crippen LogP contribution >= 0.6 is 0 Å². The zero-order valence-corrected chi connectivity index (χ0v) is 9.84. The number of rotatable bonds is 4. The summed E-state index contributed by atoms with van der Waals surface area (Å²) in [7, 11) is 0. The minimum Gasteiger partial charge on any atom is -0.504 e. The molecule has 0 aliphatic rings. The lowest BCUT2D eigenvalue weighted by molar-refractivity contribution is 0.363. The molecule has 0 aliphatic carbocycles. The Morgan fingerprint density at radius 2 is 1.94 bits per heavy atom. The van der Waals surface area contributed by atoms with Gasteiger partial charge in [0.15, 0.2) is 11.5 Å². The molecule has 2 aromatic rings. The molecule has 0 spiro atoms. The molecule has 0 saturated heterocycles. The van der Waals surface area contributed by atoms with Crippen molar-refractivity contribution in [3.8, 4) is 17.2 Å². The van der Waals surface area contributed by atoms with Crippen molar-refractivity contribution in [1.82, 2.24) is 10.5 Å². The van der Waals surface area contributed by atoms with Crippen molar-refractivity contribution in [3.63, 3.8) is 0 Å². The van der Waals surface area contributed by atoms with Gasteiger partial charge in [0, 0.05) is 24.7 Å². The summed E-state index contributed by atoms with van der Waals surface area (Å²) in [6.45, 7) is 2.63. The molecule has 1 heterocycles. The van der Waals surface area contributed by atoms with Gasteiger partial charge in [0.25, 0.3) is 0 Å². The maximum atomic E-state index is 9.60. The first kappa shape index (κ1) is 12.3. The van der Waals surface area contributed by atoms with Gasteiger partial charge in [-0.25, -0.2) is 0 Å². The lowest BCUT2D eigenvalue weighted by atomic mass is 10.1. The number of hydrogen-bond acceptors (Lipinski definition) is 6. The Balaban J connectivity index is 1.96. The van der Waals surface area contributed by atoms with E-state index < -0.39 is 5.75 Å². The summed E-state index contributed by atoms with van der Waals surface area (Å²) < 4.78 is 4.91. The predicted molar refractivity (Wildman–Crippen MR) is 63.2 cm³/mol. The maximum Gasteiger partial charge on any atom is 0.200 e. The van der Waals surface area contributed by atoms with E-state index in [2.05, 4.69) is 10.5 Å². The molecular formula is C12H14N2O4. The van der Waals surface area contributed by atoms with Crippen molar-refractivity contribution < 1.29 is 19.8 Å². The summed E-state index contributed by atoms with van der Waals surface area (Å²) in [4.78, 5) is 0. The van der Waals surface area contributed by atoms with Crippen LogP contribution in [0.25, 0.3) is 0 Å². The van der Waals surface area contributed by atoms with Crippen molar-refractivity contribution in [3.05, 3.63) is 35.2 Å². The monoisotopic (exact) mass is 250 g/mol. The molecule has 6 nitrogen and oxygen atoms in total. The highest BCUT2D eigenvalue weighted by molar-refractivity contribution is 5.52. The SMILES string of the molecule is Cc1cc(CNCc2ccc(O)c(O)c2O)no1. The molecule has 0 aliphatic heterocycles. The normalized spacial score (nSPS) is 10.7. The molecule has 1 aromatic carbocycles. The van der Waals surface area contributed by atoms with Gasteiger partial charge >= 0.3 is 0 Å². The standard InChI is InChI=1S/C12H14N2O4/c1-7-4-9(14-18-7)6-13-5-8-2-3-10(15)12(17)11(8)16/h2-4,13,15-17H,5-6H2,1H3. The molecule has 4 N–H and O–H groups in total. The number of nitrogens with zero attached hydrogens (tertiary/aromatic N) is 1. The van der Waals surface area contributed by atoms with Gasteiger partial charge in [-0.1, -0.05) is 11.2 Å². The van der Waals surface area contributed by atoms with Gasteiger partial charge in [-0.2, -0.15) is 0 Å². The molecule has 0 unspecified atom stereocenters. The average Bonchev–Trinajstić information content (AvgIpc) is 2.75. The first-order valence-electron chi connectivity index (χ1n) is 5.43. The Bertz CT molecular complexity index is 551. The first-order valence-corrected chi connectivity index (χ1v) is 5.43. The van der Waals surface area contributed by atoms with Crippen LogP contribution in [-0.4, -0.2) is 20.5 Å². The molecule has 2 rings (SSSR count). The van der Waals surface area contributed by atoms with E-state index >= 15 is 0 Å². The lowest BCUT2D eigenvalue weighted by Gasteiger charge is -2.07. The van der Waals surface area contributed by atoms with E-state index in [9.17, 15) is 15.3 Å². The van der Waals surface area contributed by atoms with Crippen molar-refractivity contribution in [2.45, 2.75) is 20.0 Å². The van der Waals surface area contributed by atoms with Crippen LogP contribution in [0.5, 0.6) is 17.2 Å². The molecular weight excluding hydrogens is 236 g/mol. The number of aromatic hydroxyl groups is 3. The minimum absolute atomic E-state index is 0.321. The molecule has 0 bridgehead atoms. The van der Waals surface area contributed by atoms with E-state index in [-0.39, 0.29) is 11.5 Å². The smallest absolute Gasteiger partial charge is 0.200 e. The molecule has 0 fully saturated rings. The summed E-state index contributed by atoms with van der Waals surface area (Å²) in [6.07, 6.45) is 0. The Labute approximate surface area is 103 Å². The van der Waals surface area contributed by atoms with Crippen molar-refractivity contribution >= 4 is 0 Å². The van der Waals surface area contributed by atoms with Crippen molar-refractivity contribution in [1.29, 1.82) is 0 Å². The highest BCUT2D eigenvalue weighted by Gasteiger charge is 2.10. The van der Waals surface area contributed by atoms with Crippen molar-refractivity contribution in [2.75, 3.05) is 0 Å². The fourth-order valence-corrected chi connectivity index (χ4v) is 1.58. The van der Waals surface area contributed by atoms with E-state index in [4.69, 9.17) is 4.52 Å². The van der Waals surface area contributed by atoms with Crippen LogP contribution in [0, 0.1) is 6.92 Å². The summed E-state index contributed by atoms with van der Waals surface area (Å²) in [6, 6.07) is 4.67.